The van der Waals surface area contributed by atoms with Crippen LogP contribution in [0.1, 0.15) is 12.3 Å². The first-order valence-corrected chi connectivity index (χ1v) is 11.7. The number of amides is 1. The van der Waals surface area contributed by atoms with Gasteiger partial charge in [0.05, 0.1) is 15.5 Å². The lowest BCUT2D eigenvalue weighted by molar-refractivity contribution is -0.116. The topological polar surface area (TPSA) is 136 Å². The van der Waals surface area contributed by atoms with E-state index in [4.69, 9.17) is 4.42 Å². The molecule has 0 aliphatic carbocycles. The van der Waals surface area contributed by atoms with Crippen molar-refractivity contribution >= 4 is 31.6 Å². The molecule has 1 heterocycles. The maximum Gasteiger partial charge on any atom is 0.322 e. The van der Waals surface area contributed by atoms with Crippen molar-refractivity contribution in [1.29, 1.82) is 0 Å². The van der Waals surface area contributed by atoms with E-state index in [2.05, 4.69) is 15.5 Å². The highest BCUT2D eigenvalue weighted by atomic mass is 32.2. The van der Waals surface area contributed by atoms with Crippen LogP contribution in [-0.2, 0) is 30.2 Å². The summed E-state index contributed by atoms with van der Waals surface area (Å²) in [6.45, 7) is 0. The summed E-state index contributed by atoms with van der Waals surface area (Å²) >= 11 is 0. The summed E-state index contributed by atoms with van der Waals surface area (Å²) < 4.78 is 54.1. The van der Waals surface area contributed by atoms with Crippen molar-refractivity contribution in [3.63, 3.8) is 0 Å². The Hall–Kier alpha value is -3.05. The lowest BCUT2D eigenvalue weighted by atomic mass is 10.4. The average Bonchev–Trinajstić information content (AvgIpc) is 3.14. The molecule has 0 atom stereocenters. The number of aromatic nitrogens is 2. The van der Waals surface area contributed by atoms with Crippen molar-refractivity contribution in [3.8, 4) is 0 Å². The molecule has 29 heavy (non-hydrogen) atoms. The standard InChI is InChI=1S/C18H17N3O6S2/c22-16(11-12-28(23,24)14-7-3-1-4-8-14)19-18-21-20-17(27-18)13-29(25,26)15-9-5-2-6-10-15/h1-10H,11-13H2,(H,19,21,22). The molecule has 0 bridgehead atoms. The number of hydrogen-bond donors (Lipinski definition) is 1. The summed E-state index contributed by atoms with van der Waals surface area (Å²) in [7, 11) is -7.28. The van der Waals surface area contributed by atoms with Crippen molar-refractivity contribution in [2.75, 3.05) is 11.1 Å². The Morgan fingerprint density at radius 3 is 1.97 bits per heavy atom. The van der Waals surface area contributed by atoms with Crippen molar-refractivity contribution in [3.05, 3.63) is 66.6 Å². The van der Waals surface area contributed by atoms with Gasteiger partial charge in [0.1, 0.15) is 5.75 Å². The molecule has 3 aromatic rings. The minimum absolute atomic E-state index is 0.106. The molecule has 0 aliphatic rings. The van der Waals surface area contributed by atoms with Gasteiger partial charge in [0, 0.05) is 6.42 Å². The summed E-state index contributed by atoms with van der Waals surface area (Å²) in [4.78, 5) is 12.2. The van der Waals surface area contributed by atoms with Crippen molar-refractivity contribution in [2.24, 2.45) is 0 Å². The van der Waals surface area contributed by atoms with Gasteiger partial charge in [-0.05, 0) is 24.3 Å². The van der Waals surface area contributed by atoms with Crippen LogP contribution in [0.3, 0.4) is 0 Å². The van der Waals surface area contributed by atoms with Crippen LogP contribution in [0.15, 0.2) is 74.9 Å². The van der Waals surface area contributed by atoms with E-state index < -0.39 is 37.1 Å². The third kappa shape index (κ3) is 5.48. The highest BCUT2D eigenvalue weighted by Gasteiger charge is 2.21. The maximum absolute atomic E-state index is 12.3. The number of rotatable bonds is 8. The first-order chi connectivity index (χ1) is 13.8. The van der Waals surface area contributed by atoms with Crippen LogP contribution in [-0.4, -0.2) is 38.7 Å². The Balaban J connectivity index is 1.58. The van der Waals surface area contributed by atoms with Crippen LogP contribution in [0.5, 0.6) is 0 Å². The number of hydrogen-bond acceptors (Lipinski definition) is 8. The van der Waals surface area contributed by atoms with E-state index in [1.54, 1.807) is 36.4 Å². The number of carbonyl (C=O) groups excluding carboxylic acids is 1. The predicted octanol–water partition coefficient (Wildman–Crippen LogP) is 1.85. The van der Waals surface area contributed by atoms with Gasteiger partial charge in [-0.25, -0.2) is 16.8 Å². The molecule has 0 unspecified atom stereocenters. The van der Waals surface area contributed by atoms with Crippen LogP contribution in [0, 0.1) is 0 Å². The molecule has 152 valence electrons. The Labute approximate surface area is 167 Å². The molecule has 0 spiro atoms. The Morgan fingerprint density at radius 2 is 1.38 bits per heavy atom. The average molecular weight is 435 g/mol. The van der Waals surface area contributed by atoms with Gasteiger partial charge in [0.2, 0.25) is 11.8 Å². The number of anilines is 1. The molecule has 1 amide bonds. The summed E-state index contributed by atoms with van der Waals surface area (Å²) in [5.41, 5.74) is 0. The monoisotopic (exact) mass is 435 g/mol. The highest BCUT2D eigenvalue weighted by molar-refractivity contribution is 7.91. The first kappa shape index (κ1) is 20.7. The van der Waals surface area contributed by atoms with E-state index in [1.165, 1.54) is 24.3 Å². The normalized spacial score (nSPS) is 11.9. The molecule has 1 N–H and O–H groups in total. The Morgan fingerprint density at radius 1 is 0.828 bits per heavy atom. The van der Waals surface area contributed by atoms with Gasteiger partial charge in [0.15, 0.2) is 19.7 Å². The minimum atomic E-state index is -3.68. The van der Waals surface area contributed by atoms with Crippen LogP contribution in [0.25, 0.3) is 0 Å². The van der Waals surface area contributed by atoms with Gasteiger partial charge < -0.3 is 4.42 Å². The fourth-order valence-corrected chi connectivity index (χ4v) is 4.83. The van der Waals surface area contributed by atoms with E-state index in [-0.39, 0.29) is 28.1 Å². The summed E-state index contributed by atoms with van der Waals surface area (Å²) in [5, 5.41) is 9.46. The zero-order valence-corrected chi connectivity index (χ0v) is 16.7. The number of nitrogens with zero attached hydrogens (tertiary/aromatic N) is 2. The maximum atomic E-state index is 12.3. The minimum Gasteiger partial charge on any atom is -0.407 e. The summed E-state index contributed by atoms with van der Waals surface area (Å²) in [5.74, 6) is -1.76. The molecule has 1 aromatic heterocycles. The summed E-state index contributed by atoms with van der Waals surface area (Å²) in [6, 6.07) is 15.2. The molecule has 0 fully saturated rings. The zero-order valence-electron chi connectivity index (χ0n) is 15.1. The predicted molar refractivity (Wildman–Crippen MR) is 103 cm³/mol. The van der Waals surface area contributed by atoms with Gasteiger partial charge in [-0.1, -0.05) is 41.5 Å². The van der Waals surface area contributed by atoms with Crippen LogP contribution in [0.4, 0.5) is 6.01 Å². The van der Waals surface area contributed by atoms with E-state index in [9.17, 15) is 21.6 Å². The number of carbonyl (C=O) groups is 1. The molecular weight excluding hydrogens is 418 g/mol. The van der Waals surface area contributed by atoms with Crippen molar-refractivity contribution < 1.29 is 26.0 Å². The van der Waals surface area contributed by atoms with Gasteiger partial charge in [0.25, 0.3) is 0 Å². The van der Waals surface area contributed by atoms with E-state index in [1.807, 2.05) is 0 Å². The lowest BCUT2D eigenvalue weighted by Gasteiger charge is -2.04. The van der Waals surface area contributed by atoms with Gasteiger partial charge in [-0.2, -0.15) is 0 Å². The van der Waals surface area contributed by atoms with Crippen LogP contribution >= 0.6 is 0 Å². The lowest BCUT2D eigenvalue weighted by Crippen LogP contribution is -2.17. The largest absolute Gasteiger partial charge is 0.407 e. The van der Waals surface area contributed by atoms with E-state index in [0.717, 1.165) is 0 Å². The molecular formula is C18H17N3O6S2. The molecule has 0 saturated heterocycles. The third-order valence-electron chi connectivity index (χ3n) is 3.83. The molecule has 9 nitrogen and oxygen atoms in total. The fourth-order valence-electron chi connectivity index (χ4n) is 2.39. The fraction of sp³-hybridized carbons (Fsp3) is 0.167. The quantitative estimate of drug-likeness (QED) is 0.566. The smallest absolute Gasteiger partial charge is 0.322 e. The SMILES string of the molecule is O=C(CCS(=O)(=O)c1ccccc1)Nc1nnc(CS(=O)(=O)c2ccccc2)o1. The molecule has 0 aliphatic heterocycles. The van der Waals surface area contributed by atoms with E-state index in [0.29, 0.717) is 0 Å². The molecule has 2 aromatic carbocycles. The summed E-state index contributed by atoms with van der Waals surface area (Å²) in [6.07, 6.45) is -0.322. The number of sulfone groups is 2. The number of nitrogens with one attached hydrogen (secondary N) is 1. The van der Waals surface area contributed by atoms with Crippen molar-refractivity contribution in [1.82, 2.24) is 10.2 Å². The number of benzene rings is 2. The second kappa shape index (κ2) is 8.53. The van der Waals surface area contributed by atoms with Gasteiger partial charge in [-0.3, -0.25) is 10.1 Å². The molecule has 0 saturated carbocycles. The zero-order chi connectivity index (χ0) is 20.9. The van der Waals surface area contributed by atoms with Gasteiger partial charge in [-0.15, -0.1) is 5.10 Å². The molecule has 3 rings (SSSR count). The van der Waals surface area contributed by atoms with Crippen LogP contribution < -0.4 is 5.32 Å². The Kier molecular flexibility index (Phi) is 6.09. The molecule has 11 heteroatoms. The van der Waals surface area contributed by atoms with Gasteiger partial charge >= 0.3 is 6.01 Å². The highest BCUT2D eigenvalue weighted by Crippen LogP contribution is 2.17. The second-order valence-corrected chi connectivity index (χ2v) is 10.1. The Bertz CT molecular complexity index is 1190. The van der Waals surface area contributed by atoms with Crippen LogP contribution in [0.2, 0.25) is 0 Å². The molecule has 0 radical (unpaired) electrons. The second-order valence-electron chi connectivity index (χ2n) is 6.00. The first-order valence-electron chi connectivity index (χ1n) is 8.44. The van der Waals surface area contributed by atoms with E-state index >= 15 is 0 Å². The third-order valence-corrected chi connectivity index (χ3v) is 7.18. The van der Waals surface area contributed by atoms with Crippen molar-refractivity contribution in [2.45, 2.75) is 22.0 Å².